The Morgan fingerprint density at radius 2 is 1.45 bits per heavy atom. The third-order valence-electron chi connectivity index (χ3n) is 8.66. The normalized spacial score (nSPS) is 28.2. The second kappa shape index (κ2) is 7.88. The number of hydrogen-bond donors (Lipinski definition) is 2. The molecule has 2 nitrogen and oxygen atoms in total. The van der Waals surface area contributed by atoms with Crippen LogP contribution < -0.4 is 0 Å². The van der Waals surface area contributed by atoms with Gasteiger partial charge in [0.15, 0.2) is 0 Å². The highest BCUT2D eigenvalue weighted by Crippen LogP contribution is 2.62. The van der Waals surface area contributed by atoms with Crippen molar-refractivity contribution in [1.82, 2.24) is 0 Å². The summed E-state index contributed by atoms with van der Waals surface area (Å²) in [6, 6.07) is 27.8. The van der Waals surface area contributed by atoms with Gasteiger partial charge in [-0.3, -0.25) is 0 Å². The van der Waals surface area contributed by atoms with Gasteiger partial charge in [-0.15, -0.1) is 0 Å². The lowest BCUT2D eigenvalue weighted by molar-refractivity contribution is 0.148. The van der Waals surface area contributed by atoms with Crippen molar-refractivity contribution in [3.8, 4) is 5.75 Å². The van der Waals surface area contributed by atoms with E-state index in [1.54, 1.807) is 11.1 Å². The van der Waals surface area contributed by atoms with E-state index in [1.165, 1.54) is 22.3 Å². The van der Waals surface area contributed by atoms with E-state index in [4.69, 9.17) is 0 Å². The average Bonchev–Trinajstić information content (AvgIpc) is 3.15. The van der Waals surface area contributed by atoms with Gasteiger partial charge in [0.2, 0.25) is 0 Å². The number of fused-ring (bicyclic) bond motifs is 4. The number of phenols is 1. The molecule has 3 aliphatic carbocycles. The van der Waals surface area contributed by atoms with Crippen LogP contribution in [-0.4, -0.2) is 16.3 Å². The number of phenolic OH excluding ortho intramolecular Hbond substituents is 1. The first-order valence-electron chi connectivity index (χ1n) is 12.4. The number of hydrogen-bond acceptors (Lipinski definition) is 2. The third-order valence-corrected chi connectivity index (χ3v) is 8.66. The summed E-state index contributed by atoms with van der Waals surface area (Å²) in [5.41, 5.74) is 8.60. The predicted octanol–water partition coefficient (Wildman–Crippen LogP) is 6.29. The fourth-order valence-corrected chi connectivity index (χ4v) is 7.38. The quantitative estimate of drug-likeness (QED) is 0.472. The molecule has 3 atom stereocenters. The molecule has 3 aromatic rings. The number of aliphatic hydroxyl groups excluding tert-OH is 1. The largest absolute Gasteiger partial charge is 0.508 e. The van der Waals surface area contributed by atoms with Gasteiger partial charge in [-0.1, -0.05) is 77.9 Å². The number of aliphatic hydroxyl groups is 1. The van der Waals surface area contributed by atoms with Crippen molar-refractivity contribution in [3.63, 3.8) is 0 Å². The first kappa shape index (κ1) is 20.7. The van der Waals surface area contributed by atoms with Gasteiger partial charge in [0.05, 0.1) is 6.10 Å². The number of aromatic hydroxyl groups is 1. The molecule has 33 heavy (non-hydrogen) atoms. The number of rotatable bonds is 4. The maximum absolute atomic E-state index is 10.9. The van der Waals surface area contributed by atoms with Gasteiger partial charge in [0.1, 0.15) is 5.75 Å². The van der Waals surface area contributed by atoms with Crippen LogP contribution in [0.2, 0.25) is 0 Å². The monoisotopic (exact) mass is 436 g/mol. The van der Waals surface area contributed by atoms with Crippen LogP contribution in [0.5, 0.6) is 5.75 Å². The molecule has 1 fully saturated rings. The van der Waals surface area contributed by atoms with Crippen molar-refractivity contribution >= 4 is 0 Å². The first-order valence-corrected chi connectivity index (χ1v) is 12.4. The third kappa shape index (κ3) is 3.43. The van der Waals surface area contributed by atoms with Crippen LogP contribution in [0.3, 0.4) is 0 Å². The van der Waals surface area contributed by atoms with E-state index in [0.29, 0.717) is 5.75 Å². The zero-order valence-corrected chi connectivity index (χ0v) is 19.1. The standard InChI is InChI=1S/C31H32O2/c32-25-12-14-27-24(17-25)11-13-28-29-18-26(33)21-30(29,19-22-7-3-1-4-8-22)15-16-31(27,28)20-23-9-5-2-6-10-23/h1-10,12,14,17,26,32-33H,11,13,15-16,18-21H2/t26-,30+,31+/m1/s1. The van der Waals surface area contributed by atoms with Crippen LogP contribution in [0.15, 0.2) is 90.0 Å². The van der Waals surface area contributed by atoms with Crippen molar-refractivity contribution < 1.29 is 10.2 Å². The number of aryl methyl sites for hydroxylation is 1. The Labute approximate surface area is 196 Å². The molecule has 0 radical (unpaired) electrons. The van der Waals surface area contributed by atoms with Crippen molar-refractivity contribution in [2.75, 3.05) is 0 Å². The fourth-order valence-electron chi connectivity index (χ4n) is 7.38. The molecule has 6 rings (SSSR count). The second-order valence-electron chi connectivity index (χ2n) is 10.5. The molecule has 3 aliphatic rings. The molecule has 0 bridgehead atoms. The summed E-state index contributed by atoms with van der Waals surface area (Å²) in [4.78, 5) is 0. The SMILES string of the molecule is Oc1ccc2c(c1)CCC1=C3C[C@@H](O)C[C@@]3(Cc3ccccc3)CC[C@@]12Cc1ccccc1. The Morgan fingerprint density at radius 1 is 0.758 bits per heavy atom. The van der Waals surface area contributed by atoms with Gasteiger partial charge in [-0.05, 0) is 91.2 Å². The first-order chi connectivity index (χ1) is 16.1. The summed E-state index contributed by atoms with van der Waals surface area (Å²) in [6.07, 6.45) is 7.65. The van der Waals surface area contributed by atoms with E-state index in [1.807, 2.05) is 12.1 Å². The van der Waals surface area contributed by atoms with Crippen LogP contribution in [0.1, 0.15) is 54.4 Å². The highest BCUT2D eigenvalue weighted by atomic mass is 16.3. The topological polar surface area (TPSA) is 40.5 Å². The van der Waals surface area contributed by atoms with Gasteiger partial charge in [0, 0.05) is 5.41 Å². The molecular formula is C31H32O2. The molecule has 0 aromatic heterocycles. The minimum Gasteiger partial charge on any atom is -0.508 e. The molecule has 0 amide bonds. The summed E-state index contributed by atoms with van der Waals surface area (Å²) in [5, 5.41) is 21.1. The van der Waals surface area contributed by atoms with Gasteiger partial charge in [0.25, 0.3) is 0 Å². The van der Waals surface area contributed by atoms with Crippen molar-refractivity contribution in [3.05, 3.63) is 112 Å². The number of allylic oxidation sites excluding steroid dienone is 1. The Balaban J connectivity index is 1.52. The summed E-state index contributed by atoms with van der Waals surface area (Å²) < 4.78 is 0. The summed E-state index contributed by atoms with van der Waals surface area (Å²) in [6.45, 7) is 0. The maximum atomic E-state index is 10.9. The fraction of sp³-hybridized carbons (Fsp3) is 0.355. The number of benzene rings is 3. The van der Waals surface area contributed by atoms with E-state index in [-0.39, 0.29) is 16.9 Å². The van der Waals surface area contributed by atoms with Crippen LogP contribution in [0.4, 0.5) is 0 Å². The van der Waals surface area contributed by atoms with Crippen molar-refractivity contribution in [2.45, 2.75) is 62.9 Å². The summed E-state index contributed by atoms with van der Waals surface area (Å²) in [7, 11) is 0. The van der Waals surface area contributed by atoms with E-state index < -0.39 is 0 Å². The van der Waals surface area contributed by atoms with Crippen molar-refractivity contribution in [2.24, 2.45) is 5.41 Å². The van der Waals surface area contributed by atoms with Crippen LogP contribution in [-0.2, 0) is 24.7 Å². The molecule has 0 spiro atoms. The molecule has 0 aliphatic heterocycles. The molecule has 2 N–H and O–H groups in total. The molecule has 1 saturated carbocycles. The Morgan fingerprint density at radius 3 is 2.18 bits per heavy atom. The lowest BCUT2D eigenvalue weighted by Crippen LogP contribution is -2.43. The molecule has 0 unspecified atom stereocenters. The van der Waals surface area contributed by atoms with E-state index >= 15 is 0 Å². The van der Waals surface area contributed by atoms with E-state index in [9.17, 15) is 10.2 Å². The molecule has 168 valence electrons. The average molecular weight is 437 g/mol. The predicted molar refractivity (Wildman–Crippen MR) is 132 cm³/mol. The Bertz CT molecular complexity index is 1200. The minimum absolute atomic E-state index is 0.0395. The molecule has 0 saturated heterocycles. The van der Waals surface area contributed by atoms with Gasteiger partial charge in [-0.25, -0.2) is 0 Å². The summed E-state index contributed by atoms with van der Waals surface area (Å²) in [5.74, 6) is 0.366. The molecule has 0 heterocycles. The Hall–Kier alpha value is -2.84. The van der Waals surface area contributed by atoms with Gasteiger partial charge in [-0.2, -0.15) is 0 Å². The van der Waals surface area contributed by atoms with Gasteiger partial charge >= 0.3 is 0 Å². The van der Waals surface area contributed by atoms with Gasteiger partial charge < -0.3 is 10.2 Å². The maximum Gasteiger partial charge on any atom is 0.115 e. The van der Waals surface area contributed by atoms with Crippen LogP contribution >= 0.6 is 0 Å². The highest BCUT2D eigenvalue weighted by molar-refractivity contribution is 5.54. The smallest absolute Gasteiger partial charge is 0.115 e. The molecule has 3 aromatic carbocycles. The molecule has 2 heteroatoms. The van der Waals surface area contributed by atoms with Crippen LogP contribution in [0.25, 0.3) is 0 Å². The lowest BCUT2D eigenvalue weighted by atomic mass is 9.53. The highest BCUT2D eigenvalue weighted by Gasteiger charge is 2.53. The zero-order valence-electron chi connectivity index (χ0n) is 19.1. The van der Waals surface area contributed by atoms with Crippen molar-refractivity contribution in [1.29, 1.82) is 0 Å². The van der Waals surface area contributed by atoms with Crippen LogP contribution in [0, 0.1) is 5.41 Å². The summed E-state index contributed by atoms with van der Waals surface area (Å²) >= 11 is 0. The Kier molecular flexibility index (Phi) is 4.96. The molecular weight excluding hydrogens is 404 g/mol. The van der Waals surface area contributed by atoms with E-state index in [2.05, 4.69) is 66.7 Å². The lowest BCUT2D eigenvalue weighted by Gasteiger charge is -2.51. The second-order valence-corrected chi connectivity index (χ2v) is 10.5. The minimum atomic E-state index is -0.245. The van der Waals surface area contributed by atoms with E-state index in [0.717, 1.165) is 51.4 Å². The zero-order chi connectivity index (χ0) is 22.5.